The van der Waals surface area contributed by atoms with Crippen molar-refractivity contribution in [3.63, 3.8) is 0 Å². The van der Waals surface area contributed by atoms with E-state index in [9.17, 15) is 9.18 Å². The molecule has 1 aliphatic carbocycles. The summed E-state index contributed by atoms with van der Waals surface area (Å²) >= 11 is 0. The first kappa shape index (κ1) is 14.6. The number of carbonyl (C=O) groups excluding carboxylic acids is 1. The molecule has 0 aromatic heterocycles. The second-order valence-electron chi connectivity index (χ2n) is 5.48. The first-order chi connectivity index (χ1) is 10.7. The summed E-state index contributed by atoms with van der Waals surface area (Å²) in [6, 6.07) is 13.4. The van der Waals surface area contributed by atoms with Crippen molar-refractivity contribution in [3.8, 4) is 5.75 Å². The van der Waals surface area contributed by atoms with Crippen LogP contribution in [-0.2, 0) is 6.54 Å². The van der Waals surface area contributed by atoms with Gasteiger partial charge in [0.15, 0.2) is 0 Å². The molecule has 1 fully saturated rings. The lowest BCUT2D eigenvalue weighted by Gasteiger charge is -2.27. The molecule has 0 spiro atoms. The molecule has 1 saturated carbocycles. The van der Waals surface area contributed by atoms with E-state index < -0.39 is 0 Å². The minimum Gasteiger partial charge on any atom is -0.490 e. The van der Waals surface area contributed by atoms with Crippen molar-refractivity contribution in [2.75, 3.05) is 0 Å². The highest BCUT2D eigenvalue weighted by Gasteiger charge is 2.21. The summed E-state index contributed by atoms with van der Waals surface area (Å²) in [5.41, 5.74) is 1.25. The van der Waals surface area contributed by atoms with E-state index >= 15 is 0 Å². The summed E-state index contributed by atoms with van der Waals surface area (Å²) in [5.74, 6) is 0.101. The zero-order valence-corrected chi connectivity index (χ0v) is 12.2. The van der Waals surface area contributed by atoms with Crippen molar-refractivity contribution in [3.05, 3.63) is 65.5 Å². The summed E-state index contributed by atoms with van der Waals surface area (Å²) in [4.78, 5) is 12.3. The molecule has 3 nitrogen and oxygen atoms in total. The Bertz CT molecular complexity index is 668. The Hall–Kier alpha value is -2.36. The summed E-state index contributed by atoms with van der Waals surface area (Å²) in [6.07, 6.45) is 3.48. The van der Waals surface area contributed by atoms with E-state index in [0.717, 1.165) is 18.4 Å². The number of nitrogens with one attached hydrogen (secondary N) is 1. The van der Waals surface area contributed by atoms with E-state index in [1.807, 2.05) is 18.2 Å². The minimum absolute atomic E-state index is 0.209. The second-order valence-corrected chi connectivity index (χ2v) is 5.48. The maximum absolute atomic E-state index is 13.1. The minimum atomic E-state index is -0.305. The fraction of sp³-hybridized carbons (Fsp3) is 0.278. The lowest BCUT2D eigenvalue weighted by molar-refractivity contribution is 0.0925. The Labute approximate surface area is 129 Å². The Morgan fingerprint density at radius 3 is 2.73 bits per heavy atom. The molecule has 2 aromatic rings. The van der Waals surface area contributed by atoms with Gasteiger partial charge in [0.25, 0.3) is 5.91 Å². The Morgan fingerprint density at radius 1 is 1.18 bits per heavy atom. The smallest absolute Gasteiger partial charge is 0.255 e. The third-order valence-electron chi connectivity index (χ3n) is 3.82. The van der Waals surface area contributed by atoms with Gasteiger partial charge in [0.1, 0.15) is 11.6 Å². The van der Waals surface area contributed by atoms with Crippen molar-refractivity contribution >= 4 is 5.91 Å². The van der Waals surface area contributed by atoms with Crippen LogP contribution >= 0.6 is 0 Å². The van der Waals surface area contributed by atoms with E-state index in [4.69, 9.17) is 4.74 Å². The molecule has 1 N–H and O–H groups in total. The number of carbonyl (C=O) groups is 1. The Balaban J connectivity index is 1.66. The normalized spacial score (nSPS) is 14.2. The predicted molar refractivity (Wildman–Crippen MR) is 82.3 cm³/mol. The maximum atomic E-state index is 13.1. The van der Waals surface area contributed by atoms with Gasteiger partial charge in [-0.3, -0.25) is 4.79 Å². The van der Waals surface area contributed by atoms with Gasteiger partial charge in [-0.05, 0) is 49.1 Å². The molecule has 0 unspecified atom stereocenters. The zero-order chi connectivity index (χ0) is 15.4. The first-order valence-corrected chi connectivity index (χ1v) is 7.51. The lowest BCUT2D eigenvalue weighted by Crippen LogP contribution is -2.27. The van der Waals surface area contributed by atoms with Crippen LogP contribution in [0.1, 0.15) is 35.2 Å². The molecule has 22 heavy (non-hydrogen) atoms. The first-order valence-electron chi connectivity index (χ1n) is 7.51. The van der Waals surface area contributed by atoms with E-state index in [1.165, 1.54) is 18.6 Å². The lowest BCUT2D eigenvalue weighted by atomic mass is 9.96. The number of hydrogen-bond donors (Lipinski definition) is 1. The van der Waals surface area contributed by atoms with Gasteiger partial charge in [-0.2, -0.15) is 0 Å². The van der Waals surface area contributed by atoms with Gasteiger partial charge in [0, 0.05) is 6.54 Å². The molecular weight excluding hydrogens is 281 g/mol. The molecule has 0 saturated heterocycles. The monoisotopic (exact) mass is 299 g/mol. The molecule has 0 bridgehead atoms. The summed E-state index contributed by atoms with van der Waals surface area (Å²) < 4.78 is 19.0. The largest absolute Gasteiger partial charge is 0.490 e. The molecule has 3 rings (SSSR count). The fourth-order valence-electron chi connectivity index (χ4n) is 2.35. The zero-order valence-electron chi connectivity index (χ0n) is 12.2. The molecule has 0 radical (unpaired) electrons. The van der Waals surface area contributed by atoms with Crippen molar-refractivity contribution in [1.29, 1.82) is 0 Å². The number of para-hydroxylation sites is 1. The van der Waals surface area contributed by atoms with Crippen LogP contribution in [0.4, 0.5) is 4.39 Å². The van der Waals surface area contributed by atoms with E-state index in [0.29, 0.717) is 11.3 Å². The maximum Gasteiger partial charge on any atom is 0.255 e. The van der Waals surface area contributed by atoms with E-state index in [-0.39, 0.29) is 24.4 Å². The molecule has 0 atom stereocenters. The van der Waals surface area contributed by atoms with Gasteiger partial charge < -0.3 is 10.1 Å². The summed E-state index contributed by atoms with van der Waals surface area (Å²) in [7, 11) is 0. The van der Waals surface area contributed by atoms with Gasteiger partial charge >= 0.3 is 0 Å². The topological polar surface area (TPSA) is 38.3 Å². The molecule has 0 heterocycles. The van der Waals surface area contributed by atoms with Crippen molar-refractivity contribution in [2.45, 2.75) is 31.9 Å². The van der Waals surface area contributed by atoms with Crippen molar-refractivity contribution in [1.82, 2.24) is 5.32 Å². The van der Waals surface area contributed by atoms with Crippen LogP contribution in [0.15, 0.2) is 48.5 Å². The molecule has 1 aliphatic rings. The average molecular weight is 299 g/mol. The fourth-order valence-corrected chi connectivity index (χ4v) is 2.35. The third-order valence-corrected chi connectivity index (χ3v) is 3.82. The van der Waals surface area contributed by atoms with Crippen molar-refractivity contribution < 1.29 is 13.9 Å². The second kappa shape index (κ2) is 6.60. The third kappa shape index (κ3) is 3.45. The van der Waals surface area contributed by atoms with E-state index in [1.54, 1.807) is 18.2 Å². The van der Waals surface area contributed by atoms with E-state index in [2.05, 4.69) is 5.32 Å². The van der Waals surface area contributed by atoms with Gasteiger partial charge in [-0.1, -0.05) is 24.3 Å². The number of benzene rings is 2. The van der Waals surface area contributed by atoms with Gasteiger partial charge in [0.2, 0.25) is 0 Å². The summed E-state index contributed by atoms with van der Waals surface area (Å²) in [6.45, 7) is 0.286. The molecule has 2 aromatic carbocycles. The summed E-state index contributed by atoms with van der Waals surface area (Å²) in [5, 5.41) is 2.81. The predicted octanol–water partition coefficient (Wildman–Crippen LogP) is 3.69. The van der Waals surface area contributed by atoms with Gasteiger partial charge in [-0.25, -0.2) is 4.39 Å². The number of halogens is 1. The highest BCUT2D eigenvalue weighted by atomic mass is 19.1. The highest BCUT2D eigenvalue weighted by molar-refractivity contribution is 5.96. The van der Waals surface area contributed by atoms with Gasteiger partial charge in [-0.15, -0.1) is 0 Å². The van der Waals surface area contributed by atoms with Crippen LogP contribution in [0.3, 0.4) is 0 Å². The van der Waals surface area contributed by atoms with Crippen LogP contribution in [0, 0.1) is 5.82 Å². The molecular formula is C18H18FNO2. The average Bonchev–Trinajstić information content (AvgIpc) is 2.49. The Kier molecular flexibility index (Phi) is 4.37. The highest BCUT2D eigenvalue weighted by Crippen LogP contribution is 2.27. The number of hydrogen-bond acceptors (Lipinski definition) is 2. The number of rotatable bonds is 5. The van der Waals surface area contributed by atoms with Crippen LogP contribution in [-0.4, -0.2) is 12.0 Å². The Morgan fingerprint density at radius 2 is 2.00 bits per heavy atom. The molecule has 0 aliphatic heterocycles. The standard InChI is InChI=1S/C18H18FNO2/c19-14-6-3-5-13(11-14)12-20-18(21)16-9-1-2-10-17(16)22-15-7-4-8-15/h1-3,5-6,9-11,15H,4,7-8,12H2,(H,20,21). The van der Waals surface area contributed by atoms with Crippen LogP contribution in [0.5, 0.6) is 5.75 Å². The number of ether oxygens (including phenoxy) is 1. The van der Waals surface area contributed by atoms with Gasteiger partial charge in [0.05, 0.1) is 11.7 Å². The van der Waals surface area contributed by atoms with Crippen LogP contribution in [0.2, 0.25) is 0 Å². The SMILES string of the molecule is O=C(NCc1cccc(F)c1)c1ccccc1OC1CCC1. The molecule has 114 valence electrons. The van der Waals surface area contributed by atoms with Crippen molar-refractivity contribution in [2.24, 2.45) is 0 Å². The van der Waals surface area contributed by atoms with Crippen LogP contribution < -0.4 is 10.1 Å². The number of amides is 1. The van der Waals surface area contributed by atoms with Crippen LogP contribution in [0.25, 0.3) is 0 Å². The molecule has 4 heteroatoms. The quantitative estimate of drug-likeness (QED) is 0.914. The molecule has 1 amide bonds.